The van der Waals surface area contributed by atoms with Gasteiger partial charge in [0.05, 0.1) is 36.6 Å². The lowest BCUT2D eigenvalue weighted by atomic mass is 9.89. The molecule has 2 aliphatic heterocycles. The van der Waals surface area contributed by atoms with Crippen molar-refractivity contribution in [1.82, 2.24) is 5.32 Å². The van der Waals surface area contributed by atoms with E-state index in [2.05, 4.69) is 11.4 Å². The van der Waals surface area contributed by atoms with E-state index in [1.165, 1.54) is 0 Å². The first-order valence-corrected chi connectivity index (χ1v) is 7.26. The Hall–Kier alpha value is -1.41. The predicted molar refractivity (Wildman–Crippen MR) is 75.1 cm³/mol. The van der Waals surface area contributed by atoms with Crippen LogP contribution in [0.2, 0.25) is 0 Å². The second kappa shape index (κ2) is 5.92. The molecule has 2 heterocycles. The van der Waals surface area contributed by atoms with Crippen molar-refractivity contribution in [2.75, 3.05) is 19.7 Å². The number of benzene rings is 1. The van der Waals surface area contributed by atoms with E-state index >= 15 is 0 Å². The number of hydrogen-bond acceptors (Lipinski definition) is 4. The lowest BCUT2D eigenvalue weighted by molar-refractivity contribution is -0.0241. The van der Waals surface area contributed by atoms with Gasteiger partial charge in [0, 0.05) is 6.42 Å². The van der Waals surface area contributed by atoms with Crippen LogP contribution in [0.4, 0.5) is 0 Å². The Morgan fingerprint density at radius 2 is 2.15 bits per heavy atom. The molecule has 106 valence electrons. The Balaban J connectivity index is 1.56. The van der Waals surface area contributed by atoms with Gasteiger partial charge in [-0.1, -0.05) is 18.2 Å². The van der Waals surface area contributed by atoms with Gasteiger partial charge in [-0.05, 0) is 37.6 Å². The highest BCUT2D eigenvalue weighted by Gasteiger charge is 2.41. The minimum Gasteiger partial charge on any atom is -0.372 e. The molecule has 2 aliphatic rings. The highest BCUT2D eigenvalue weighted by atomic mass is 16.6. The van der Waals surface area contributed by atoms with Gasteiger partial charge in [0.1, 0.15) is 0 Å². The van der Waals surface area contributed by atoms with E-state index in [0.29, 0.717) is 18.8 Å². The summed E-state index contributed by atoms with van der Waals surface area (Å²) in [6, 6.07) is 9.82. The van der Waals surface area contributed by atoms with E-state index in [9.17, 15) is 0 Å². The fourth-order valence-corrected chi connectivity index (χ4v) is 3.10. The van der Waals surface area contributed by atoms with Gasteiger partial charge < -0.3 is 14.8 Å². The van der Waals surface area contributed by atoms with Crippen molar-refractivity contribution in [2.24, 2.45) is 0 Å². The van der Waals surface area contributed by atoms with Crippen LogP contribution in [-0.2, 0) is 16.1 Å². The van der Waals surface area contributed by atoms with Crippen LogP contribution in [0.15, 0.2) is 24.3 Å². The van der Waals surface area contributed by atoms with E-state index in [-0.39, 0.29) is 11.7 Å². The number of piperidine rings is 1. The van der Waals surface area contributed by atoms with Crippen molar-refractivity contribution in [3.63, 3.8) is 0 Å². The fourth-order valence-electron chi connectivity index (χ4n) is 3.10. The van der Waals surface area contributed by atoms with E-state index in [1.54, 1.807) is 0 Å². The minimum atomic E-state index is 0.0324. The summed E-state index contributed by atoms with van der Waals surface area (Å²) in [6.07, 6.45) is 3.27. The van der Waals surface area contributed by atoms with Crippen molar-refractivity contribution >= 4 is 0 Å². The van der Waals surface area contributed by atoms with Gasteiger partial charge in [-0.25, -0.2) is 0 Å². The van der Waals surface area contributed by atoms with E-state index in [1.807, 2.05) is 24.3 Å². The molecule has 3 rings (SSSR count). The van der Waals surface area contributed by atoms with Crippen molar-refractivity contribution in [2.45, 2.75) is 37.6 Å². The molecule has 4 nitrogen and oxygen atoms in total. The summed E-state index contributed by atoms with van der Waals surface area (Å²) in [7, 11) is 0. The fraction of sp³-hybridized carbons (Fsp3) is 0.562. The van der Waals surface area contributed by atoms with E-state index in [0.717, 1.165) is 37.9 Å². The lowest BCUT2D eigenvalue weighted by Gasteiger charge is -2.32. The Morgan fingerprint density at radius 1 is 1.35 bits per heavy atom. The summed E-state index contributed by atoms with van der Waals surface area (Å²) in [5.74, 6) is 0. The summed E-state index contributed by atoms with van der Waals surface area (Å²) < 4.78 is 12.0. The molecule has 1 N–H and O–H groups in total. The maximum absolute atomic E-state index is 9.07. The van der Waals surface area contributed by atoms with Crippen molar-refractivity contribution < 1.29 is 9.47 Å². The van der Waals surface area contributed by atoms with Gasteiger partial charge in [0.2, 0.25) is 0 Å². The summed E-state index contributed by atoms with van der Waals surface area (Å²) >= 11 is 0. The Bertz CT molecular complexity index is 503. The normalized spacial score (nSPS) is 24.6. The molecular weight excluding hydrogens is 252 g/mol. The molecule has 1 atom stereocenters. The number of nitriles is 1. The van der Waals surface area contributed by atoms with Gasteiger partial charge in [-0.2, -0.15) is 5.26 Å². The van der Waals surface area contributed by atoms with Gasteiger partial charge in [0.15, 0.2) is 0 Å². The average molecular weight is 272 g/mol. The zero-order valence-corrected chi connectivity index (χ0v) is 11.6. The minimum absolute atomic E-state index is 0.0324. The maximum atomic E-state index is 9.07. The quantitative estimate of drug-likeness (QED) is 0.914. The van der Waals surface area contributed by atoms with Gasteiger partial charge in [-0.3, -0.25) is 0 Å². The van der Waals surface area contributed by atoms with Crippen LogP contribution in [0.25, 0.3) is 0 Å². The highest BCUT2D eigenvalue weighted by molar-refractivity contribution is 5.36. The Morgan fingerprint density at radius 3 is 2.95 bits per heavy atom. The number of nitrogens with zero attached hydrogens (tertiary/aromatic N) is 1. The maximum Gasteiger partial charge on any atom is 0.0995 e. The summed E-state index contributed by atoms with van der Waals surface area (Å²) in [6.45, 7) is 3.23. The zero-order valence-electron chi connectivity index (χ0n) is 11.6. The number of ether oxygens (including phenoxy) is 2. The third-order valence-electron chi connectivity index (χ3n) is 4.30. The first kappa shape index (κ1) is 13.6. The molecule has 1 spiro atoms. The second-order valence-electron chi connectivity index (χ2n) is 5.65. The van der Waals surface area contributed by atoms with Crippen LogP contribution in [-0.4, -0.2) is 31.4 Å². The molecule has 0 saturated carbocycles. The molecule has 2 saturated heterocycles. The molecule has 0 aromatic heterocycles. The first-order chi connectivity index (χ1) is 9.81. The largest absolute Gasteiger partial charge is 0.372 e. The Labute approximate surface area is 119 Å². The Kier molecular flexibility index (Phi) is 4.02. The molecule has 4 heteroatoms. The molecular formula is C16H20N2O2. The third-order valence-corrected chi connectivity index (χ3v) is 4.30. The van der Waals surface area contributed by atoms with Crippen LogP contribution in [0, 0.1) is 11.3 Å². The highest BCUT2D eigenvalue weighted by Crippen LogP contribution is 2.35. The molecule has 2 fully saturated rings. The molecule has 0 bridgehead atoms. The topological polar surface area (TPSA) is 54.3 Å². The summed E-state index contributed by atoms with van der Waals surface area (Å²) in [4.78, 5) is 0. The van der Waals surface area contributed by atoms with Crippen LogP contribution in [0.1, 0.15) is 30.4 Å². The summed E-state index contributed by atoms with van der Waals surface area (Å²) in [5, 5.41) is 12.4. The average Bonchev–Trinajstić information content (AvgIpc) is 2.89. The van der Waals surface area contributed by atoms with Crippen LogP contribution < -0.4 is 5.32 Å². The lowest BCUT2D eigenvalue weighted by Crippen LogP contribution is -2.41. The zero-order chi connectivity index (χ0) is 13.8. The molecule has 0 amide bonds. The molecule has 1 unspecified atom stereocenters. The van der Waals surface area contributed by atoms with Gasteiger partial charge in [0.25, 0.3) is 0 Å². The van der Waals surface area contributed by atoms with Crippen LogP contribution >= 0.6 is 0 Å². The van der Waals surface area contributed by atoms with Crippen molar-refractivity contribution in [3.05, 3.63) is 35.4 Å². The predicted octanol–water partition coefficient (Wildman–Crippen LogP) is 1.99. The van der Waals surface area contributed by atoms with Crippen molar-refractivity contribution in [1.29, 1.82) is 5.26 Å². The molecule has 0 radical (unpaired) electrons. The molecule has 1 aromatic carbocycles. The summed E-state index contributed by atoms with van der Waals surface area (Å²) in [5.41, 5.74) is 1.69. The third kappa shape index (κ3) is 2.85. The van der Waals surface area contributed by atoms with E-state index < -0.39 is 0 Å². The second-order valence-corrected chi connectivity index (χ2v) is 5.65. The van der Waals surface area contributed by atoms with Crippen LogP contribution in [0.5, 0.6) is 0 Å². The smallest absolute Gasteiger partial charge is 0.0995 e. The standard InChI is InChI=1S/C16H20N2O2/c17-10-13-3-1-2-4-14(13)11-19-15-9-16(20-12-15)5-7-18-8-6-16/h1-4,15,18H,5-9,11-12H2. The molecule has 20 heavy (non-hydrogen) atoms. The number of hydrogen-bond donors (Lipinski definition) is 1. The SMILES string of the molecule is N#Cc1ccccc1COC1COC2(CCNCC2)C1. The molecule has 0 aliphatic carbocycles. The first-order valence-electron chi connectivity index (χ1n) is 7.26. The van der Waals surface area contributed by atoms with E-state index in [4.69, 9.17) is 14.7 Å². The van der Waals surface area contributed by atoms with Crippen molar-refractivity contribution in [3.8, 4) is 6.07 Å². The molecule has 1 aromatic rings. The van der Waals surface area contributed by atoms with Gasteiger partial charge >= 0.3 is 0 Å². The van der Waals surface area contributed by atoms with Gasteiger partial charge in [-0.15, -0.1) is 0 Å². The number of nitrogens with one attached hydrogen (secondary N) is 1. The monoisotopic (exact) mass is 272 g/mol. The van der Waals surface area contributed by atoms with Crippen LogP contribution in [0.3, 0.4) is 0 Å². The number of rotatable bonds is 3.